The van der Waals surface area contributed by atoms with Crippen molar-refractivity contribution in [3.05, 3.63) is 29.6 Å². The Bertz CT molecular complexity index is 513. The van der Waals surface area contributed by atoms with E-state index in [0.717, 1.165) is 12.0 Å². The molecule has 17 heavy (non-hydrogen) atoms. The molecule has 2 rings (SSSR count). The second kappa shape index (κ2) is 4.64. The van der Waals surface area contributed by atoms with Gasteiger partial charge in [0.05, 0.1) is 11.5 Å². The zero-order valence-corrected chi connectivity index (χ0v) is 10.3. The van der Waals surface area contributed by atoms with Gasteiger partial charge in [0.15, 0.2) is 9.84 Å². The summed E-state index contributed by atoms with van der Waals surface area (Å²) in [6.45, 7) is 0. The molecule has 1 aliphatic heterocycles. The molecule has 1 aromatic rings. The summed E-state index contributed by atoms with van der Waals surface area (Å²) in [5.41, 5.74) is 6.97. The first-order chi connectivity index (χ1) is 7.96. The summed E-state index contributed by atoms with van der Waals surface area (Å²) in [7, 11) is -2.89. The molecule has 1 aromatic carbocycles. The Hall–Kier alpha value is -1.10. The Balaban J connectivity index is 2.10. The standard InChI is InChI=1S/C12H16FNO2S/c13-11-4-3-10(12(14)7-11)6-9-2-1-5-17(15,16)8-9/h3-4,7,9H,1-2,5-6,8,14H2. The molecule has 0 aromatic heterocycles. The summed E-state index contributed by atoms with van der Waals surface area (Å²) in [4.78, 5) is 0. The maximum Gasteiger partial charge on any atom is 0.150 e. The van der Waals surface area contributed by atoms with Gasteiger partial charge >= 0.3 is 0 Å². The molecule has 0 saturated carbocycles. The van der Waals surface area contributed by atoms with E-state index in [9.17, 15) is 12.8 Å². The summed E-state index contributed by atoms with van der Waals surface area (Å²) in [5, 5.41) is 0. The molecule has 5 heteroatoms. The van der Waals surface area contributed by atoms with E-state index < -0.39 is 9.84 Å². The Labute approximate surface area is 101 Å². The largest absolute Gasteiger partial charge is 0.398 e. The van der Waals surface area contributed by atoms with Crippen molar-refractivity contribution < 1.29 is 12.8 Å². The Morgan fingerprint density at radius 1 is 1.41 bits per heavy atom. The highest BCUT2D eigenvalue weighted by atomic mass is 32.2. The third kappa shape index (κ3) is 3.19. The van der Waals surface area contributed by atoms with Crippen molar-refractivity contribution in [1.82, 2.24) is 0 Å². The molecule has 1 saturated heterocycles. The predicted octanol–water partition coefficient (Wildman–Crippen LogP) is 1.78. The highest BCUT2D eigenvalue weighted by Crippen LogP contribution is 2.25. The first kappa shape index (κ1) is 12.4. The number of nitrogens with two attached hydrogens (primary N) is 1. The van der Waals surface area contributed by atoms with Gasteiger partial charge in [0, 0.05) is 5.69 Å². The smallest absolute Gasteiger partial charge is 0.150 e. The van der Waals surface area contributed by atoms with Gasteiger partial charge in [0.2, 0.25) is 0 Å². The van der Waals surface area contributed by atoms with Gasteiger partial charge < -0.3 is 5.73 Å². The van der Waals surface area contributed by atoms with Crippen LogP contribution in [0.15, 0.2) is 18.2 Å². The summed E-state index contributed by atoms with van der Waals surface area (Å²) in [6.07, 6.45) is 2.23. The monoisotopic (exact) mass is 257 g/mol. The topological polar surface area (TPSA) is 60.2 Å². The summed E-state index contributed by atoms with van der Waals surface area (Å²) in [5.74, 6) is 0.274. The fourth-order valence-corrected chi connectivity index (χ4v) is 4.12. The number of hydrogen-bond donors (Lipinski definition) is 1. The molecule has 94 valence electrons. The minimum atomic E-state index is -2.89. The van der Waals surface area contributed by atoms with E-state index >= 15 is 0 Å². The zero-order valence-electron chi connectivity index (χ0n) is 9.52. The number of anilines is 1. The van der Waals surface area contributed by atoms with Crippen LogP contribution in [0.1, 0.15) is 18.4 Å². The van der Waals surface area contributed by atoms with Crippen molar-refractivity contribution in [3.8, 4) is 0 Å². The van der Waals surface area contributed by atoms with Crippen molar-refractivity contribution in [3.63, 3.8) is 0 Å². The predicted molar refractivity (Wildman–Crippen MR) is 65.9 cm³/mol. The van der Waals surface area contributed by atoms with Crippen LogP contribution >= 0.6 is 0 Å². The minimum absolute atomic E-state index is 0.113. The van der Waals surface area contributed by atoms with E-state index in [0.29, 0.717) is 24.3 Å². The van der Waals surface area contributed by atoms with Crippen molar-refractivity contribution in [2.24, 2.45) is 5.92 Å². The first-order valence-electron chi connectivity index (χ1n) is 5.70. The fraction of sp³-hybridized carbons (Fsp3) is 0.500. The molecule has 1 unspecified atom stereocenters. The van der Waals surface area contributed by atoms with Crippen molar-refractivity contribution in [2.75, 3.05) is 17.2 Å². The average Bonchev–Trinajstić information content (AvgIpc) is 2.21. The molecule has 0 spiro atoms. The Morgan fingerprint density at radius 2 is 2.18 bits per heavy atom. The SMILES string of the molecule is Nc1cc(F)ccc1CC1CCCS(=O)(=O)C1. The van der Waals surface area contributed by atoms with Crippen LogP contribution in [0.3, 0.4) is 0 Å². The zero-order chi connectivity index (χ0) is 12.5. The van der Waals surface area contributed by atoms with Crippen LogP contribution in [0, 0.1) is 11.7 Å². The van der Waals surface area contributed by atoms with Crippen molar-refractivity contribution >= 4 is 15.5 Å². The molecule has 3 nitrogen and oxygen atoms in total. The Kier molecular flexibility index (Phi) is 3.38. The normalized spacial score (nSPS) is 23.5. The van der Waals surface area contributed by atoms with Gasteiger partial charge in [-0.1, -0.05) is 6.07 Å². The molecule has 2 N–H and O–H groups in total. The number of benzene rings is 1. The van der Waals surface area contributed by atoms with Gasteiger partial charge in [0.1, 0.15) is 5.82 Å². The van der Waals surface area contributed by atoms with E-state index in [2.05, 4.69) is 0 Å². The maximum atomic E-state index is 12.9. The minimum Gasteiger partial charge on any atom is -0.398 e. The lowest BCUT2D eigenvalue weighted by Gasteiger charge is -2.22. The van der Waals surface area contributed by atoms with E-state index in [1.165, 1.54) is 12.1 Å². The summed E-state index contributed by atoms with van der Waals surface area (Å²) in [6, 6.07) is 4.29. The van der Waals surface area contributed by atoms with E-state index in [-0.39, 0.29) is 17.5 Å². The lowest BCUT2D eigenvalue weighted by atomic mass is 9.95. The van der Waals surface area contributed by atoms with E-state index in [1.54, 1.807) is 6.07 Å². The Morgan fingerprint density at radius 3 is 2.82 bits per heavy atom. The van der Waals surface area contributed by atoms with Crippen LogP contribution in [0.4, 0.5) is 10.1 Å². The van der Waals surface area contributed by atoms with Crippen LogP contribution in [0.25, 0.3) is 0 Å². The van der Waals surface area contributed by atoms with Gasteiger partial charge in [-0.05, 0) is 42.9 Å². The van der Waals surface area contributed by atoms with E-state index in [4.69, 9.17) is 5.73 Å². The van der Waals surface area contributed by atoms with Gasteiger partial charge in [-0.2, -0.15) is 0 Å². The third-order valence-corrected chi connectivity index (χ3v) is 5.06. The highest BCUT2D eigenvalue weighted by molar-refractivity contribution is 7.91. The molecule has 1 heterocycles. The molecular formula is C12H16FNO2S. The second-order valence-corrected chi connectivity index (χ2v) is 6.90. The van der Waals surface area contributed by atoms with Crippen LogP contribution in [0.2, 0.25) is 0 Å². The maximum absolute atomic E-state index is 12.9. The first-order valence-corrected chi connectivity index (χ1v) is 7.53. The van der Waals surface area contributed by atoms with Gasteiger partial charge in [-0.3, -0.25) is 0 Å². The van der Waals surface area contributed by atoms with Gasteiger partial charge in [0.25, 0.3) is 0 Å². The molecule has 1 atom stereocenters. The highest BCUT2D eigenvalue weighted by Gasteiger charge is 2.25. The number of sulfone groups is 1. The van der Waals surface area contributed by atoms with Crippen molar-refractivity contribution in [1.29, 1.82) is 0 Å². The fourth-order valence-electron chi connectivity index (χ4n) is 2.34. The van der Waals surface area contributed by atoms with Crippen LogP contribution < -0.4 is 5.73 Å². The van der Waals surface area contributed by atoms with Crippen LogP contribution in [-0.2, 0) is 16.3 Å². The van der Waals surface area contributed by atoms with Gasteiger partial charge in [-0.25, -0.2) is 12.8 Å². The summed E-state index contributed by atoms with van der Waals surface area (Å²) >= 11 is 0. The molecular weight excluding hydrogens is 241 g/mol. The van der Waals surface area contributed by atoms with Crippen molar-refractivity contribution in [2.45, 2.75) is 19.3 Å². The lowest BCUT2D eigenvalue weighted by Crippen LogP contribution is -2.26. The van der Waals surface area contributed by atoms with Crippen LogP contribution in [0.5, 0.6) is 0 Å². The number of halogens is 1. The second-order valence-electron chi connectivity index (χ2n) is 4.67. The van der Waals surface area contributed by atoms with Gasteiger partial charge in [-0.15, -0.1) is 0 Å². The third-order valence-electron chi connectivity index (χ3n) is 3.17. The molecule has 0 bridgehead atoms. The molecule has 0 radical (unpaired) electrons. The molecule has 1 fully saturated rings. The number of nitrogen functional groups attached to an aromatic ring is 1. The molecule has 0 amide bonds. The average molecular weight is 257 g/mol. The quantitative estimate of drug-likeness (QED) is 0.821. The summed E-state index contributed by atoms with van der Waals surface area (Å²) < 4.78 is 35.9. The van der Waals surface area contributed by atoms with Crippen LogP contribution in [-0.4, -0.2) is 19.9 Å². The van der Waals surface area contributed by atoms with E-state index in [1.807, 2.05) is 0 Å². The molecule has 0 aliphatic carbocycles. The number of hydrogen-bond acceptors (Lipinski definition) is 3. The molecule has 1 aliphatic rings. The number of rotatable bonds is 2. The lowest BCUT2D eigenvalue weighted by molar-refractivity contribution is 0.484.